The summed E-state index contributed by atoms with van der Waals surface area (Å²) >= 11 is 1.43. The van der Waals surface area contributed by atoms with Crippen molar-refractivity contribution in [2.24, 2.45) is 0 Å². The number of thiophene rings is 1. The zero-order valence-electron chi connectivity index (χ0n) is 17.1. The topological polar surface area (TPSA) is 96.3 Å². The van der Waals surface area contributed by atoms with E-state index in [0.29, 0.717) is 18.5 Å². The Labute approximate surface area is 183 Å². The van der Waals surface area contributed by atoms with Gasteiger partial charge in [-0.1, -0.05) is 18.2 Å². The lowest BCUT2D eigenvalue weighted by atomic mass is 10.0. The number of amides is 2. The van der Waals surface area contributed by atoms with Gasteiger partial charge in [-0.25, -0.2) is 4.98 Å². The molecule has 4 rings (SSSR count). The molecule has 0 unspecified atom stereocenters. The molecule has 1 saturated heterocycles. The molecule has 1 aliphatic rings. The Morgan fingerprint density at radius 2 is 1.87 bits per heavy atom. The molecule has 2 N–H and O–H groups in total. The van der Waals surface area contributed by atoms with Gasteiger partial charge in [-0.2, -0.15) is 0 Å². The van der Waals surface area contributed by atoms with E-state index >= 15 is 0 Å². The number of nitrogens with zero attached hydrogens (tertiary/aromatic N) is 3. The van der Waals surface area contributed by atoms with E-state index in [9.17, 15) is 14.4 Å². The molecule has 0 bridgehead atoms. The van der Waals surface area contributed by atoms with E-state index in [-0.39, 0.29) is 29.8 Å². The molecule has 0 spiro atoms. The van der Waals surface area contributed by atoms with Gasteiger partial charge in [-0.3, -0.25) is 23.9 Å². The van der Waals surface area contributed by atoms with Crippen LogP contribution in [0.15, 0.2) is 52.9 Å². The van der Waals surface area contributed by atoms with Crippen LogP contribution in [-0.2, 0) is 16.1 Å². The fraction of sp³-hybridized carbons (Fsp3) is 0.364. The van der Waals surface area contributed by atoms with Gasteiger partial charge in [-0.15, -0.1) is 11.3 Å². The summed E-state index contributed by atoms with van der Waals surface area (Å²) in [6.45, 7) is 2.16. The van der Waals surface area contributed by atoms with Gasteiger partial charge in [-0.05, 0) is 36.4 Å². The standard InChI is InChI=1S/C22H25N5O3S/c28-19(8-12-27-15-23-21-18(22(27)30)9-13-31-21)24-17-6-10-26(11-7-17)14-20(29)25-16-4-2-1-3-5-16/h1-5,9,13,15,17H,6-8,10-12,14H2,(H,24,28)(H,25,29). The molecule has 0 atom stereocenters. The van der Waals surface area contributed by atoms with E-state index in [1.54, 1.807) is 6.07 Å². The van der Waals surface area contributed by atoms with Crippen LogP contribution in [0.3, 0.4) is 0 Å². The number of piperidine rings is 1. The number of aromatic nitrogens is 2. The summed E-state index contributed by atoms with van der Waals surface area (Å²) in [5, 5.41) is 8.39. The highest BCUT2D eigenvalue weighted by Gasteiger charge is 2.22. The fourth-order valence-electron chi connectivity index (χ4n) is 3.73. The molecule has 162 valence electrons. The molecule has 0 saturated carbocycles. The molecule has 0 aliphatic carbocycles. The summed E-state index contributed by atoms with van der Waals surface area (Å²) in [4.78, 5) is 44.0. The highest BCUT2D eigenvalue weighted by molar-refractivity contribution is 7.16. The molecule has 2 aromatic heterocycles. The van der Waals surface area contributed by atoms with Crippen LogP contribution < -0.4 is 16.2 Å². The number of rotatable bonds is 7. The zero-order valence-corrected chi connectivity index (χ0v) is 17.9. The highest BCUT2D eigenvalue weighted by atomic mass is 32.1. The monoisotopic (exact) mass is 439 g/mol. The first kappa shape index (κ1) is 21.2. The first-order valence-corrected chi connectivity index (χ1v) is 11.3. The Bertz CT molecular complexity index is 1100. The van der Waals surface area contributed by atoms with E-state index < -0.39 is 0 Å². The maximum Gasteiger partial charge on any atom is 0.262 e. The van der Waals surface area contributed by atoms with Crippen molar-refractivity contribution >= 4 is 39.1 Å². The molecule has 9 heteroatoms. The Balaban J connectivity index is 1.19. The molecule has 0 radical (unpaired) electrons. The van der Waals surface area contributed by atoms with E-state index in [1.807, 2.05) is 35.7 Å². The number of para-hydroxylation sites is 1. The lowest BCUT2D eigenvalue weighted by Gasteiger charge is -2.31. The fourth-order valence-corrected chi connectivity index (χ4v) is 4.46. The third-order valence-electron chi connectivity index (χ3n) is 5.41. The average Bonchev–Trinajstić information content (AvgIpc) is 3.25. The van der Waals surface area contributed by atoms with Crippen molar-refractivity contribution in [2.45, 2.75) is 31.8 Å². The minimum atomic E-state index is -0.110. The molecule has 2 amide bonds. The number of carbonyl (C=O) groups excluding carboxylic acids is 2. The quantitative estimate of drug-likeness (QED) is 0.588. The number of aryl methyl sites for hydroxylation is 1. The first-order chi connectivity index (χ1) is 15.1. The van der Waals surface area contributed by atoms with E-state index in [0.717, 1.165) is 36.4 Å². The predicted molar refractivity (Wildman–Crippen MR) is 121 cm³/mol. The van der Waals surface area contributed by atoms with E-state index in [2.05, 4.69) is 20.5 Å². The van der Waals surface area contributed by atoms with Crippen molar-refractivity contribution in [3.05, 3.63) is 58.5 Å². The van der Waals surface area contributed by atoms with Crippen LogP contribution in [0, 0.1) is 0 Å². The summed E-state index contributed by atoms with van der Waals surface area (Å²) in [6.07, 6.45) is 3.34. The van der Waals surface area contributed by atoms with Gasteiger partial charge in [0.05, 0.1) is 18.3 Å². The third-order valence-corrected chi connectivity index (χ3v) is 6.23. The smallest absolute Gasteiger partial charge is 0.262 e. The molecule has 1 fully saturated rings. The van der Waals surface area contributed by atoms with Crippen LogP contribution >= 0.6 is 11.3 Å². The molecular formula is C22H25N5O3S. The number of hydrogen-bond acceptors (Lipinski definition) is 6. The maximum atomic E-state index is 12.4. The molecular weight excluding hydrogens is 414 g/mol. The number of fused-ring (bicyclic) bond motifs is 1. The van der Waals surface area contributed by atoms with Crippen molar-refractivity contribution in [1.29, 1.82) is 0 Å². The Morgan fingerprint density at radius 3 is 2.65 bits per heavy atom. The molecule has 31 heavy (non-hydrogen) atoms. The zero-order chi connectivity index (χ0) is 21.6. The third kappa shape index (κ3) is 5.56. The summed E-state index contributed by atoms with van der Waals surface area (Å²) in [6, 6.07) is 11.3. The van der Waals surface area contributed by atoms with Crippen LogP contribution in [0.25, 0.3) is 10.2 Å². The number of likely N-dealkylation sites (tertiary alicyclic amines) is 1. The van der Waals surface area contributed by atoms with Crippen LogP contribution in [0.1, 0.15) is 19.3 Å². The van der Waals surface area contributed by atoms with Crippen molar-refractivity contribution < 1.29 is 9.59 Å². The van der Waals surface area contributed by atoms with Crippen LogP contribution in [0.5, 0.6) is 0 Å². The van der Waals surface area contributed by atoms with Gasteiger partial charge in [0, 0.05) is 37.8 Å². The summed E-state index contributed by atoms with van der Waals surface area (Å²) in [7, 11) is 0. The van der Waals surface area contributed by atoms with E-state index in [4.69, 9.17) is 0 Å². The number of carbonyl (C=O) groups is 2. The van der Waals surface area contributed by atoms with Crippen molar-refractivity contribution in [2.75, 3.05) is 25.0 Å². The summed E-state index contributed by atoms with van der Waals surface area (Å²) in [5.74, 6) is -0.104. The Hall–Kier alpha value is -3.04. The maximum absolute atomic E-state index is 12.4. The lowest BCUT2D eigenvalue weighted by Crippen LogP contribution is -2.46. The Kier molecular flexibility index (Phi) is 6.73. The van der Waals surface area contributed by atoms with Crippen LogP contribution in [-0.4, -0.2) is 51.9 Å². The Morgan fingerprint density at radius 1 is 1.10 bits per heavy atom. The molecule has 1 aliphatic heterocycles. The second kappa shape index (κ2) is 9.84. The van der Waals surface area contributed by atoms with Crippen LogP contribution in [0.2, 0.25) is 0 Å². The van der Waals surface area contributed by atoms with Gasteiger partial charge in [0.25, 0.3) is 5.56 Å². The predicted octanol–water partition coefficient (Wildman–Crippen LogP) is 2.07. The van der Waals surface area contributed by atoms with Crippen molar-refractivity contribution in [1.82, 2.24) is 19.8 Å². The van der Waals surface area contributed by atoms with Crippen LogP contribution in [0.4, 0.5) is 5.69 Å². The second-order valence-corrected chi connectivity index (χ2v) is 8.56. The highest BCUT2D eigenvalue weighted by Crippen LogP contribution is 2.14. The molecule has 3 heterocycles. The SMILES string of the molecule is O=C(CN1CCC(NC(=O)CCn2cnc3sccc3c2=O)CC1)Nc1ccccc1. The summed E-state index contributed by atoms with van der Waals surface area (Å²) in [5.41, 5.74) is 0.684. The van der Waals surface area contributed by atoms with Gasteiger partial charge < -0.3 is 10.6 Å². The van der Waals surface area contributed by atoms with E-state index in [1.165, 1.54) is 22.2 Å². The van der Waals surface area contributed by atoms with Gasteiger partial charge in [0.1, 0.15) is 4.83 Å². The number of anilines is 1. The molecule has 8 nitrogen and oxygen atoms in total. The number of benzene rings is 1. The number of nitrogens with one attached hydrogen (secondary N) is 2. The normalized spacial score (nSPS) is 15.1. The number of hydrogen-bond donors (Lipinski definition) is 2. The minimum absolute atomic E-state index is 0.0321. The van der Waals surface area contributed by atoms with Gasteiger partial charge in [0.2, 0.25) is 11.8 Å². The summed E-state index contributed by atoms with van der Waals surface area (Å²) < 4.78 is 1.49. The lowest BCUT2D eigenvalue weighted by molar-refractivity contribution is -0.123. The van der Waals surface area contributed by atoms with Crippen molar-refractivity contribution in [3.8, 4) is 0 Å². The second-order valence-electron chi connectivity index (χ2n) is 7.66. The average molecular weight is 440 g/mol. The van der Waals surface area contributed by atoms with Gasteiger partial charge >= 0.3 is 0 Å². The molecule has 1 aromatic carbocycles. The van der Waals surface area contributed by atoms with Crippen molar-refractivity contribution in [3.63, 3.8) is 0 Å². The first-order valence-electron chi connectivity index (χ1n) is 10.4. The van der Waals surface area contributed by atoms with Gasteiger partial charge in [0.15, 0.2) is 0 Å². The minimum Gasteiger partial charge on any atom is -0.353 e. The molecule has 3 aromatic rings. The largest absolute Gasteiger partial charge is 0.353 e.